The number of fused-ring (bicyclic) bond motifs is 1. The highest BCUT2D eigenvalue weighted by Gasteiger charge is 2.17. The van der Waals surface area contributed by atoms with Crippen LogP contribution in [0, 0.1) is 6.92 Å². The first kappa shape index (κ1) is 10.5. The van der Waals surface area contributed by atoms with Gasteiger partial charge in [0.2, 0.25) is 14.2 Å². The Balaban J connectivity index is 2.67. The summed E-state index contributed by atoms with van der Waals surface area (Å²) >= 11 is 1.18. The normalized spacial score (nSPS) is 12.1. The Morgan fingerprint density at radius 2 is 2.20 bits per heavy atom. The molecule has 0 N–H and O–H groups in total. The average Bonchev–Trinajstić information content (AvgIpc) is 2.61. The van der Waals surface area contributed by atoms with Gasteiger partial charge >= 0.3 is 0 Å². The van der Waals surface area contributed by atoms with Crippen molar-refractivity contribution in [3.63, 3.8) is 0 Å². The zero-order valence-corrected chi connectivity index (χ0v) is 10.0. The van der Waals surface area contributed by atoms with E-state index in [1.165, 1.54) is 11.3 Å². The molecule has 0 unspecified atom stereocenters. The largest absolute Gasteiger partial charge is 0.236 e. The number of pyridine rings is 1. The molecule has 6 heteroatoms. The number of aromatic nitrogens is 2. The fourth-order valence-corrected chi connectivity index (χ4v) is 3.51. The summed E-state index contributed by atoms with van der Waals surface area (Å²) in [5, 5.41) is 0. The lowest BCUT2D eigenvalue weighted by Crippen LogP contribution is -2.02. The van der Waals surface area contributed by atoms with Gasteiger partial charge in [-0.2, -0.15) is 0 Å². The molecule has 0 spiro atoms. The number of hydrogen-bond acceptors (Lipinski definition) is 5. The minimum Gasteiger partial charge on any atom is -0.236 e. The second-order valence-corrected chi connectivity index (χ2v) is 6.70. The second kappa shape index (κ2) is 3.53. The molecule has 0 aliphatic heterocycles. The zero-order chi connectivity index (χ0) is 11.1. The van der Waals surface area contributed by atoms with Crippen LogP contribution in [0.1, 0.15) is 12.5 Å². The molecule has 0 aromatic carbocycles. The Morgan fingerprint density at radius 1 is 1.47 bits per heavy atom. The number of nitrogens with zero attached hydrogens (tertiary/aromatic N) is 2. The highest BCUT2D eigenvalue weighted by atomic mass is 32.2. The molecule has 15 heavy (non-hydrogen) atoms. The van der Waals surface area contributed by atoms with Crippen LogP contribution in [0.4, 0.5) is 0 Å². The van der Waals surface area contributed by atoms with E-state index in [1.807, 2.05) is 13.0 Å². The summed E-state index contributed by atoms with van der Waals surface area (Å²) in [6.45, 7) is 3.53. The zero-order valence-electron chi connectivity index (χ0n) is 8.39. The summed E-state index contributed by atoms with van der Waals surface area (Å²) in [7, 11) is -3.21. The van der Waals surface area contributed by atoms with Crippen molar-refractivity contribution in [2.75, 3.05) is 5.75 Å². The van der Waals surface area contributed by atoms with Crippen LogP contribution in [0.25, 0.3) is 10.3 Å². The molecule has 0 aliphatic rings. The molecule has 0 saturated heterocycles. The van der Waals surface area contributed by atoms with Crippen LogP contribution in [0.3, 0.4) is 0 Å². The van der Waals surface area contributed by atoms with E-state index in [0.717, 1.165) is 10.3 Å². The SMILES string of the molecule is CCS(=O)(=O)c1nc2ncc(C)cc2s1. The number of aryl methyl sites for hydroxylation is 1. The third-order valence-electron chi connectivity index (χ3n) is 2.01. The molecule has 2 aromatic heterocycles. The predicted molar refractivity (Wildman–Crippen MR) is 59.9 cm³/mol. The van der Waals surface area contributed by atoms with E-state index in [9.17, 15) is 8.42 Å². The molecule has 80 valence electrons. The van der Waals surface area contributed by atoms with Crippen LogP contribution in [0.5, 0.6) is 0 Å². The van der Waals surface area contributed by atoms with E-state index in [1.54, 1.807) is 13.1 Å². The van der Waals surface area contributed by atoms with E-state index >= 15 is 0 Å². The second-order valence-electron chi connectivity index (χ2n) is 3.22. The Hall–Kier alpha value is -1.01. The van der Waals surface area contributed by atoms with Gasteiger partial charge in [-0.15, -0.1) is 11.3 Å². The summed E-state index contributed by atoms with van der Waals surface area (Å²) in [6, 6.07) is 1.90. The standard InChI is InChI=1S/C9H10N2O2S2/c1-3-15(12,13)9-11-8-7(14-9)4-6(2)5-10-8/h4-5H,3H2,1-2H3. The Morgan fingerprint density at radius 3 is 2.87 bits per heavy atom. The summed E-state index contributed by atoms with van der Waals surface area (Å²) in [5.41, 5.74) is 1.52. The lowest BCUT2D eigenvalue weighted by atomic mass is 10.3. The van der Waals surface area contributed by atoms with E-state index in [0.29, 0.717) is 5.65 Å². The highest BCUT2D eigenvalue weighted by Crippen LogP contribution is 2.25. The van der Waals surface area contributed by atoms with Gasteiger partial charge in [0.1, 0.15) is 0 Å². The number of rotatable bonds is 2. The van der Waals surface area contributed by atoms with Crippen molar-refractivity contribution in [2.24, 2.45) is 0 Å². The van der Waals surface area contributed by atoms with E-state index in [2.05, 4.69) is 9.97 Å². The smallest absolute Gasteiger partial charge is 0.211 e. The first-order valence-corrected chi connectivity index (χ1v) is 6.96. The van der Waals surface area contributed by atoms with Gasteiger partial charge in [-0.25, -0.2) is 18.4 Å². The monoisotopic (exact) mass is 242 g/mol. The van der Waals surface area contributed by atoms with Crippen LogP contribution >= 0.6 is 11.3 Å². The summed E-state index contributed by atoms with van der Waals surface area (Å²) < 4.78 is 24.1. The van der Waals surface area contributed by atoms with E-state index < -0.39 is 9.84 Å². The summed E-state index contributed by atoms with van der Waals surface area (Å²) in [5.74, 6) is 0.0752. The molecule has 0 saturated carbocycles. The molecule has 2 aromatic rings. The van der Waals surface area contributed by atoms with Crippen LogP contribution in [0.2, 0.25) is 0 Å². The fourth-order valence-electron chi connectivity index (χ4n) is 1.15. The fraction of sp³-hybridized carbons (Fsp3) is 0.333. The van der Waals surface area contributed by atoms with Crippen LogP contribution in [-0.4, -0.2) is 24.1 Å². The van der Waals surface area contributed by atoms with Crippen molar-refractivity contribution in [2.45, 2.75) is 18.2 Å². The first-order chi connectivity index (χ1) is 7.03. The minimum absolute atomic E-state index is 0.0752. The number of thiazole rings is 1. The Bertz CT molecular complexity index is 602. The first-order valence-electron chi connectivity index (χ1n) is 4.49. The predicted octanol–water partition coefficient (Wildman–Crippen LogP) is 1.79. The minimum atomic E-state index is -3.21. The van der Waals surface area contributed by atoms with Crippen molar-refractivity contribution < 1.29 is 8.42 Å². The molecular formula is C9H10N2O2S2. The number of hydrogen-bond donors (Lipinski definition) is 0. The third kappa shape index (κ3) is 1.87. The van der Waals surface area contributed by atoms with Gasteiger partial charge < -0.3 is 0 Å². The van der Waals surface area contributed by atoms with Crippen molar-refractivity contribution in [3.8, 4) is 0 Å². The topological polar surface area (TPSA) is 59.9 Å². The lowest BCUT2D eigenvalue weighted by Gasteiger charge is -1.91. The van der Waals surface area contributed by atoms with E-state index in [-0.39, 0.29) is 10.1 Å². The number of sulfone groups is 1. The van der Waals surface area contributed by atoms with Gasteiger partial charge in [0, 0.05) is 6.20 Å². The maximum absolute atomic E-state index is 11.6. The quantitative estimate of drug-likeness (QED) is 0.805. The molecule has 0 bridgehead atoms. The lowest BCUT2D eigenvalue weighted by molar-refractivity contribution is 0.596. The molecule has 0 fully saturated rings. The molecule has 0 radical (unpaired) electrons. The van der Waals surface area contributed by atoms with E-state index in [4.69, 9.17) is 0 Å². The van der Waals surface area contributed by atoms with Gasteiger partial charge in [-0.3, -0.25) is 0 Å². The summed E-state index contributed by atoms with van der Waals surface area (Å²) in [4.78, 5) is 8.10. The van der Waals surface area contributed by atoms with Gasteiger partial charge in [0.15, 0.2) is 5.65 Å². The van der Waals surface area contributed by atoms with Crippen molar-refractivity contribution >= 4 is 31.5 Å². The van der Waals surface area contributed by atoms with Gasteiger partial charge in [0.25, 0.3) is 0 Å². The van der Waals surface area contributed by atoms with Gasteiger partial charge in [-0.05, 0) is 18.6 Å². The molecule has 0 amide bonds. The summed E-state index contributed by atoms with van der Waals surface area (Å²) in [6.07, 6.45) is 1.68. The third-order valence-corrected chi connectivity index (χ3v) is 5.19. The molecule has 2 heterocycles. The van der Waals surface area contributed by atoms with Crippen LogP contribution < -0.4 is 0 Å². The van der Waals surface area contributed by atoms with Crippen molar-refractivity contribution in [3.05, 3.63) is 17.8 Å². The highest BCUT2D eigenvalue weighted by molar-refractivity contribution is 7.93. The van der Waals surface area contributed by atoms with Crippen LogP contribution in [-0.2, 0) is 9.84 Å². The van der Waals surface area contributed by atoms with Crippen molar-refractivity contribution in [1.82, 2.24) is 9.97 Å². The van der Waals surface area contributed by atoms with Crippen LogP contribution in [0.15, 0.2) is 16.6 Å². The molecule has 2 rings (SSSR count). The van der Waals surface area contributed by atoms with Gasteiger partial charge in [-0.1, -0.05) is 6.92 Å². The average molecular weight is 242 g/mol. The Kier molecular flexibility index (Phi) is 2.47. The van der Waals surface area contributed by atoms with Gasteiger partial charge in [0.05, 0.1) is 10.5 Å². The molecule has 0 aliphatic carbocycles. The molecule has 0 atom stereocenters. The maximum atomic E-state index is 11.6. The molecule has 4 nitrogen and oxygen atoms in total. The Labute approximate surface area is 91.9 Å². The van der Waals surface area contributed by atoms with Crippen molar-refractivity contribution in [1.29, 1.82) is 0 Å². The maximum Gasteiger partial charge on any atom is 0.211 e. The molecular weight excluding hydrogens is 232 g/mol.